The van der Waals surface area contributed by atoms with E-state index in [-0.39, 0.29) is 0 Å². The first kappa shape index (κ1) is 6.84. The predicted octanol–water partition coefficient (Wildman–Crippen LogP) is 1.52. The van der Waals surface area contributed by atoms with Gasteiger partial charge in [-0.05, 0) is 36.7 Å². The van der Waals surface area contributed by atoms with Crippen LogP contribution in [-0.2, 0) is 0 Å². The molecule has 0 amide bonds. The van der Waals surface area contributed by atoms with Crippen LogP contribution >= 0.6 is 0 Å². The molecule has 3 rings (SSSR count). The number of rotatable bonds is 0. The summed E-state index contributed by atoms with van der Waals surface area (Å²) in [4.78, 5) is 4.24. The minimum Gasteiger partial charge on any atom is -0.373 e. The van der Waals surface area contributed by atoms with Gasteiger partial charge in [0.05, 0.1) is 11.4 Å². The topological polar surface area (TPSA) is 6.48 Å². The average Bonchev–Trinajstić information content (AvgIpc) is 2.56. The van der Waals surface area contributed by atoms with Crippen LogP contribution in [0.5, 0.6) is 0 Å². The van der Waals surface area contributed by atoms with Gasteiger partial charge in [0.2, 0.25) is 0 Å². The van der Waals surface area contributed by atoms with Gasteiger partial charge in [-0.15, -0.1) is 0 Å². The molecule has 0 fully saturated rings. The Morgan fingerprint density at radius 2 is 1.31 bits per heavy atom. The molecule has 0 aromatic rings. The zero-order chi connectivity index (χ0) is 8.67. The smallest absolute Gasteiger partial charge is 0.373 e. The molecule has 3 heterocycles. The minimum atomic E-state index is 1.24. The van der Waals surface area contributed by atoms with Gasteiger partial charge in [0, 0.05) is 0 Å². The van der Waals surface area contributed by atoms with Crippen LogP contribution in [0.1, 0.15) is 0 Å². The van der Waals surface area contributed by atoms with Crippen molar-refractivity contribution in [3.8, 4) is 0 Å². The molecular weight excluding hydrogens is 159 g/mol. The summed E-state index contributed by atoms with van der Waals surface area (Å²) in [5.41, 5.74) is 2.48. The summed E-state index contributed by atoms with van der Waals surface area (Å²) in [6.45, 7) is 0. The maximum atomic E-state index is 2.12. The molecule has 2 nitrogen and oxygen atoms in total. The third-order valence-electron chi connectivity index (χ3n) is 2.29. The lowest BCUT2D eigenvalue weighted by atomic mass is 10.1. The van der Waals surface area contributed by atoms with E-state index in [0.717, 1.165) is 0 Å². The van der Waals surface area contributed by atoms with Crippen LogP contribution in [0.4, 0.5) is 0 Å². The van der Waals surface area contributed by atoms with E-state index < -0.39 is 0 Å². The molecule has 3 heteroatoms. The van der Waals surface area contributed by atoms with Crippen molar-refractivity contribution in [1.29, 1.82) is 0 Å². The van der Waals surface area contributed by atoms with Crippen LogP contribution < -0.4 is 0 Å². The lowest BCUT2D eigenvalue weighted by Gasteiger charge is -2.16. The second-order valence-electron chi connectivity index (χ2n) is 3.10. The Morgan fingerprint density at radius 3 is 1.85 bits per heavy atom. The van der Waals surface area contributed by atoms with Crippen molar-refractivity contribution >= 4 is 7.55 Å². The molecule has 0 saturated heterocycles. The Bertz CT molecular complexity index is 352. The lowest BCUT2D eigenvalue weighted by molar-refractivity contribution is 0.726. The number of hydrogen-bond acceptors (Lipinski definition) is 2. The zero-order valence-electron chi connectivity index (χ0n) is 7.09. The van der Waals surface area contributed by atoms with Crippen molar-refractivity contribution < 1.29 is 0 Å². The third-order valence-corrected chi connectivity index (χ3v) is 2.29. The molecular formula is C10H8BN2. The van der Waals surface area contributed by atoms with E-state index in [1.165, 1.54) is 11.4 Å². The Kier molecular flexibility index (Phi) is 1.27. The van der Waals surface area contributed by atoms with Crippen LogP contribution in [0.25, 0.3) is 0 Å². The van der Waals surface area contributed by atoms with Crippen LogP contribution in [0.3, 0.4) is 0 Å². The highest BCUT2D eigenvalue weighted by Gasteiger charge is 2.27. The van der Waals surface area contributed by atoms with Crippen molar-refractivity contribution in [2.75, 3.05) is 0 Å². The summed E-state index contributed by atoms with van der Waals surface area (Å²) in [5.74, 6) is 0. The molecule has 0 aromatic heterocycles. The first-order valence-electron chi connectivity index (χ1n) is 4.31. The normalized spacial score (nSPS) is 22.2. The fourth-order valence-electron chi connectivity index (χ4n) is 1.68. The molecule has 13 heavy (non-hydrogen) atoms. The standard InChI is InChI=1S/C10H8BN2/c1-3-7-12-9(5-1)10-6-2-4-8-13(10)11-12/h1-8H. The summed E-state index contributed by atoms with van der Waals surface area (Å²) < 4.78 is 0. The molecule has 0 unspecified atom stereocenters. The average molecular weight is 167 g/mol. The summed E-state index contributed by atoms with van der Waals surface area (Å²) >= 11 is 0. The second kappa shape index (κ2) is 2.42. The van der Waals surface area contributed by atoms with Crippen LogP contribution in [-0.4, -0.2) is 17.2 Å². The number of allylic oxidation sites excluding steroid dienone is 6. The second-order valence-corrected chi connectivity index (χ2v) is 3.10. The van der Waals surface area contributed by atoms with Crippen molar-refractivity contribution in [3.05, 3.63) is 60.3 Å². The van der Waals surface area contributed by atoms with Crippen molar-refractivity contribution in [2.45, 2.75) is 0 Å². The molecule has 3 aliphatic rings. The largest absolute Gasteiger partial charge is 0.400 e. The summed E-state index contributed by atoms with van der Waals surface area (Å²) in [6, 6.07) is 0. The number of hydrogen-bond donors (Lipinski definition) is 0. The first-order valence-corrected chi connectivity index (χ1v) is 4.31. The Labute approximate surface area is 78.1 Å². The van der Waals surface area contributed by atoms with E-state index in [0.29, 0.717) is 0 Å². The van der Waals surface area contributed by atoms with Gasteiger partial charge >= 0.3 is 7.55 Å². The molecule has 0 atom stereocenters. The van der Waals surface area contributed by atoms with Crippen molar-refractivity contribution in [3.63, 3.8) is 0 Å². The molecule has 0 N–H and O–H groups in total. The van der Waals surface area contributed by atoms with Gasteiger partial charge in [-0.1, -0.05) is 12.2 Å². The molecule has 0 aliphatic carbocycles. The monoisotopic (exact) mass is 167 g/mol. The zero-order valence-corrected chi connectivity index (χ0v) is 7.09. The maximum absolute atomic E-state index is 2.12. The van der Waals surface area contributed by atoms with Crippen LogP contribution in [0.2, 0.25) is 0 Å². The Hall–Kier alpha value is -1.64. The van der Waals surface area contributed by atoms with Gasteiger partial charge in [-0.25, -0.2) is 0 Å². The highest BCUT2D eigenvalue weighted by Crippen LogP contribution is 2.28. The Morgan fingerprint density at radius 1 is 0.769 bits per heavy atom. The third kappa shape index (κ3) is 0.901. The molecule has 0 aromatic carbocycles. The fourth-order valence-corrected chi connectivity index (χ4v) is 1.68. The van der Waals surface area contributed by atoms with E-state index in [1.807, 2.05) is 12.2 Å². The van der Waals surface area contributed by atoms with Gasteiger partial charge < -0.3 is 9.62 Å². The van der Waals surface area contributed by atoms with Crippen LogP contribution in [0, 0.1) is 0 Å². The van der Waals surface area contributed by atoms with Gasteiger partial charge in [0.1, 0.15) is 0 Å². The molecule has 1 radical (unpaired) electrons. The van der Waals surface area contributed by atoms with Gasteiger partial charge in [-0.3, -0.25) is 0 Å². The van der Waals surface area contributed by atoms with E-state index >= 15 is 0 Å². The fraction of sp³-hybridized carbons (Fsp3) is 0. The van der Waals surface area contributed by atoms with Gasteiger partial charge in [0.25, 0.3) is 0 Å². The molecule has 0 spiro atoms. The highest BCUT2D eigenvalue weighted by molar-refractivity contribution is 6.33. The van der Waals surface area contributed by atoms with Gasteiger partial charge in [0.15, 0.2) is 0 Å². The quantitative estimate of drug-likeness (QED) is 0.504. The van der Waals surface area contributed by atoms with Crippen molar-refractivity contribution in [2.24, 2.45) is 0 Å². The predicted molar refractivity (Wildman–Crippen MR) is 53.0 cm³/mol. The van der Waals surface area contributed by atoms with Crippen LogP contribution in [0.15, 0.2) is 60.3 Å². The lowest BCUT2D eigenvalue weighted by Crippen LogP contribution is -2.25. The summed E-state index contributed by atoms with van der Waals surface area (Å²) in [5, 5.41) is 0. The van der Waals surface area contributed by atoms with E-state index in [1.54, 1.807) is 0 Å². The first-order chi connectivity index (χ1) is 6.45. The number of nitrogens with zero attached hydrogens (tertiary/aromatic N) is 2. The Balaban J connectivity index is 2.11. The van der Waals surface area contributed by atoms with Gasteiger partial charge in [-0.2, -0.15) is 0 Å². The summed E-state index contributed by atoms with van der Waals surface area (Å²) in [6.07, 6.45) is 16.5. The maximum Gasteiger partial charge on any atom is 0.400 e. The van der Waals surface area contributed by atoms with E-state index in [4.69, 9.17) is 0 Å². The highest BCUT2D eigenvalue weighted by atomic mass is 15.2. The van der Waals surface area contributed by atoms with E-state index in [9.17, 15) is 0 Å². The number of fused-ring (bicyclic) bond motifs is 2. The molecule has 0 saturated carbocycles. The SMILES string of the molecule is [B]1N2C=CC=CC2=C2C=CC=CN12. The minimum absolute atomic E-state index is 1.24. The summed E-state index contributed by atoms with van der Waals surface area (Å²) in [7, 11) is 2.07. The molecule has 61 valence electrons. The van der Waals surface area contributed by atoms with E-state index in [2.05, 4.69) is 53.9 Å². The molecule has 0 bridgehead atoms. The van der Waals surface area contributed by atoms with Crippen molar-refractivity contribution in [1.82, 2.24) is 9.62 Å². The molecule has 3 aliphatic heterocycles.